The Morgan fingerprint density at radius 1 is 1.16 bits per heavy atom. The predicted octanol–water partition coefficient (Wildman–Crippen LogP) is 4.82. The van der Waals surface area contributed by atoms with Crippen LogP contribution in [0.15, 0.2) is 48.5 Å². The Morgan fingerprint density at radius 3 is 2.39 bits per heavy atom. The minimum atomic E-state index is -4.72. The van der Waals surface area contributed by atoms with Crippen molar-refractivity contribution in [3.05, 3.63) is 64.7 Å². The lowest BCUT2D eigenvalue weighted by molar-refractivity contribution is -0.137. The summed E-state index contributed by atoms with van der Waals surface area (Å²) in [4.78, 5) is 12.1. The molecule has 1 N–H and O–H groups in total. The largest absolute Gasteiger partial charge is 0.417 e. The van der Waals surface area contributed by atoms with Crippen LogP contribution in [0.2, 0.25) is 5.02 Å². The van der Waals surface area contributed by atoms with Crippen molar-refractivity contribution in [2.24, 2.45) is 0 Å². The van der Waals surface area contributed by atoms with Crippen LogP contribution in [-0.4, -0.2) is 33.7 Å². The number of hydrogen-bond acceptors (Lipinski definition) is 3. The lowest BCUT2D eigenvalue weighted by atomic mass is 10.0. The van der Waals surface area contributed by atoms with Crippen molar-refractivity contribution < 1.29 is 26.4 Å². The summed E-state index contributed by atoms with van der Waals surface area (Å²) in [5, 5.41) is 2.28. The summed E-state index contributed by atoms with van der Waals surface area (Å²) in [6, 6.07) is 12.6. The number of rotatable bonds is 9. The van der Waals surface area contributed by atoms with Gasteiger partial charge in [0, 0.05) is 19.5 Å². The van der Waals surface area contributed by atoms with Crippen LogP contribution in [0.5, 0.6) is 0 Å². The standard InChI is InChI=1S/C21H24ClF3N2O3S/c1-15(16-7-4-3-5-8-16)14-26-20(28)9-6-12-27(31(2,29)30)17-10-11-19(22)18(13-17)21(23,24)25/h3-5,7-8,10-11,13,15H,6,9,12,14H2,1-2H3,(H,26,28)/t15-/m0/s1. The molecule has 2 aromatic carbocycles. The topological polar surface area (TPSA) is 66.5 Å². The Hall–Kier alpha value is -2.26. The SMILES string of the molecule is C[C@@H](CNC(=O)CCCN(c1ccc(Cl)c(C(F)(F)F)c1)S(C)(=O)=O)c1ccccc1. The first kappa shape index (κ1) is 25.0. The molecule has 0 radical (unpaired) electrons. The number of benzene rings is 2. The van der Waals surface area contributed by atoms with E-state index < -0.39 is 26.8 Å². The van der Waals surface area contributed by atoms with Gasteiger partial charge in [0.15, 0.2) is 0 Å². The molecule has 10 heteroatoms. The molecule has 5 nitrogen and oxygen atoms in total. The van der Waals surface area contributed by atoms with Crippen molar-refractivity contribution in [3.8, 4) is 0 Å². The summed E-state index contributed by atoms with van der Waals surface area (Å²) in [6.07, 6.45) is -3.64. The number of halogens is 4. The molecule has 0 aliphatic rings. The second-order valence-corrected chi connectivity index (χ2v) is 9.53. The third-order valence-corrected chi connectivity index (χ3v) is 6.21. The molecular weight excluding hydrogens is 453 g/mol. The monoisotopic (exact) mass is 476 g/mol. The fraction of sp³-hybridized carbons (Fsp3) is 0.381. The number of amides is 1. The van der Waals surface area contributed by atoms with Crippen molar-refractivity contribution in [1.82, 2.24) is 5.32 Å². The molecule has 1 amide bonds. The van der Waals surface area contributed by atoms with Gasteiger partial charge in [-0.05, 0) is 36.1 Å². The fourth-order valence-corrected chi connectivity index (χ4v) is 4.19. The quantitative estimate of drug-likeness (QED) is 0.564. The van der Waals surface area contributed by atoms with Gasteiger partial charge < -0.3 is 5.32 Å². The highest BCUT2D eigenvalue weighted by molar-refractivity contribution is 7.92. The van der Waals surface area contributed by atoms with E-state index in [0.29, 0.717) is 12.6 Å². The van der Waals surface area contributed by atoms with Gasteiger partial charge in [0.1, 0.15) is 0 Å². The molecule has 170 valence electrons. The van der Waals surface area contributed by atoms with Crippen molar-refractivity contribution in [3.63, 3.8) is 0 Å². The number of hydrogen-bond donors (Lipinski definition) is 1. The Bertz CT molecular complexity index is 999. The van der Waals surface area contributed by atoms with Crippen molar-refractivity contribution >= 4 is 33.2 Å². The van der Waals surface area contributed by atoms with Crippen LogP contribution < -0.4 is 9.62 Å². The Kier molecular flexibility index (Phi) is 8.36. The van der Waals surface area contributed by atoms with E-state index >= 15 is 0 Å². The summed E-state index contributed by atoms with van der Waals surface area (Å²) in [6.45, 7) is 2.25. The summed E-state index contributed by atoms with van der Waals surface area (Å²) >= 11 is 5.61. The maximum Gasteiger partial charge on any atom is 0.417 e. The highest BCUT2D eigenvalue weighted by atomic mass is 35.5. The zero-order valence-electron chi connectivity index (χ0n) is 17.1. The van der Waals surface area contributed by atoms with Crippen LogP contribution >= 0.6 is 11.6 Å². The first-order valence-corrected chi connectivity index (χ1v) is 11.8. The van der Waals surface area contributed by atoms with Gasteiger partial charge in [-0.3, -0.25) is 9.10 Å². The number of carbonyl (C=O) groups excluding carboxylic acids is 1. The first-order valence-electron chi connectivity index (χ1n) is 9.55. The molecule has 0 saturated heterocycles. The molecule has 2 rings (SSSR count). The maximum absolute atomic E-state index is 13.1. The summed E-state index contributed by atoms with van der Waals surface area (Å²) in [5.74, 6) is -0.157. The molecule has 0 aliphatic carbocycles. The van der Waals surface area contributed by atoms with E-state index in [1.54, 1.807) is 0 Å². The van der Waals surface area contributed by atoms with Crippen LogP contribution in [-0.2, 0) is 21.0 Å². The lowest BCUT2D eigenvalue weighted by Gasteiger charge is -2.23. The van der Waals surface area contributed by atoms with Crippen LogP contribution in [0, 0.1) is 0 Å². The summed E-state index contributed by atoms with van der Waals surface area (Å²) in [7, 11) is -3.86. The summed E-state index contributed by atoms with van der Waals surface area (Å²) < 4.78 is 64.5. The smallest absolute Gasteiger partial charge is 0.356 e. The molecule has 0 unspecified atom stereocenters. The molecule has 0 spiro atoms. The molecule has 0 aromatic heterocycles. The van der Waals surface area contributed by atoms with E-state index in [9.17, 15) is 26.4 Å². The normalized spacial score (nSPS) is 13.0. The molecule has 0 saturated carbocycles. The fourth-order valence-electron chi connectivity index (χ4n) is 3.01. The zero-order valence-corrected chi connectivity index (χ0v) is 18.7. The number of sulfonamides is 1. The maximum atomic E-state index is 13.1. The van der Waals surface area contributed by atoms with E-state index in [1.807, 2.05) is 37.3 Å². The van der Waals surface area contributed by atoms with Crippen LogP contribution in [0.3, 0.4) is 0 Å². The summed E-state index contributed by atoms with van der Waals surface area (Å²) in [5.41, 5.74) is -0.195. The molecule has 2 aromatic rings. The Labute approximate surface area is 185 Å². The molecular formula is C21H24ClF3N2O3S. The van der Waals surface area contributed by atoms with Gasteiger partial charge in [-0.1, -0.05) is 48.9 Å². The molecule has 0 aliphatic heterocycles. The Morgan fingerprint density at radius 2 is 1.81 bits per heavy atom. The molecule has 0 heterocycles. The van der Waals surface area contributed by atoms with Gasteiger partial charge in [0.2, 0.25) is 15.9 Å². The lowest BCUT2D eigenvalue weighted by Crippen LogP contribution is -2.33. The average Bonchev–Trinajstić information content (AvgIpc) is 2.69. The third kappa shape index (κ3) is 7.43. The van der Waals surface area contributed by atoms with E-state index in [1.165, 1.54) is 6.07 Å². The highest BCUT2D eigenvalue weighted by Gasteiger charge is 2.34. The molecule has 0 bridgehead atoms. The van der Waals surface area contributed by atoms with Gasteiger partial charge in [0.05, 0.1) is 22.5 Å². The third-order valence-electron chi connectivity index (χ3n) is 4.68. The second-order valence-electron chi connectivity index (χ2n) is 7.22. The highest BCUT2D eigenvalue weighted by Crippen LogP contribution is 2.37. The number of alkyl halides is 3. The van der Waals surface area contributed by atoms with E-state index in [2.05, 4.69) is 5.32 Å². The van der Waals surface area contributed by atoms with Crippen LogP contribution in [0.4, 0.5) is 18.9 Å². The minimum Gasteiger partial charge on any atom is -0.356 e. The second kappa shape index (κ2) is 10.4. The number of anilines is 1. The van der Waals surface area contributed by atoms with E-state index in [0.717, 1.165) is 22.2 Å². The molecule has 1 atom stereocenters. The average molecular weight is 477 g/mol. The minimum absolute atomic E-state index is 0.0350. The van der Waals surface area contributed by atoms with Crippen molar-refractivity contribution in [1.29, 1.82) is 0 Å². The molecule has 31 heavy (non-hydrogen) atoms. The first-order chi connectivity index (χ1) is 14.4. The Balaban J connectivity index is 1.98. The number of nitrogens with one attached hydrogen (secondary N) is 1. The van der Waals surface area contributed by atoms with Gasteiger partial charge in [-0.25, -0.2) is 8.42 Å². The van der Waals surface area contributed by atoms with Gasteiger partial charge in [-0.2, -0.15) is 13.2 Å². The predicted molar refractivity (Wildman–Crippen MR) is 116 cm³/mol. The van der Waals surface area contributed by atoms with Gasteiger partial charge >= 0.3 is 6.18 Å². The molecule has 0 fully saturated rings. The number of nitrogens with zero attached hydrogens (tertiary/aromatic N) is 1. The van der Waals surface area contributed by atoms with Crippen molar-refractivity contribution in [2.75, 3.05) is 23.7 Å². The van der Waals surface area contributed by atoms with E-state index in [-0.39, 0.29) is 36.9 Å². The van der Waals surface area contributed by atoms with Crippen molar-refractivity contribution in [2.45, 2.75) is 31.9 Å². The zero-order chi connectivity index (χ0) is 23.2. The van der Waals surface area contributed by atoms with Crippen LogP contribution in [0.1, 0.15) is 36.8 Å². The van der Waals surface area contributed by atoms with Crippen LogP contribution in [0.25, 0.3) is 0 Å². The number of carbonyl (C=O) groups is 1. The van der Waals surface area contributed by atoms with E-state index in [4.69, 9.17) is 11.6 Å². The van der Waals surface area contributed by atoms with Gasteiger partial charge in [0.25, 0.3) is 0 Å². The van der Waals surface area contributed by atoms with Gasteiger partial charge in [-0.15, -0.1) is 0 Å².